The van der Waals surface area contributed by atoms with Crippen molar-refractivity contribution in [2.75, 3.05) is 26.1 Å². The highest BCUT2D eigenvalue weighted by Gasteiger charge is 2.35. The summed E-state index contributed by atoms with van der Waals surface area (Å²) < 4.78 is 11.4. The second kappa shape index (κ2) is 9.16. The highest BCUT2D eigenvalue weighted by Crippen LogP contribution is 2.34. The van der Waals surface area contributed by atoms with Crippen LogP contribution in [0.25, 0.3) is 6.08 Å². The van der Waals surface area contributed by atoms with Crippen molar-refractivity contribution in [1.29, 1.82) is 0 Å². The Morgan fingerprint density at radius 2 is 1.97 bits per heavy atom. The van der Waals surface area contributed by atoms with Gasteiger partial charge in [0.2, 0.25) is 5.91 Å². The van der Waals surface area contributed by atoms with Gasteiger partial charge in [-0.2, -0.15) is 0 Å². The van der Waals surface area contributed by atoms with Crippen LogP contribution >= 0.6 is 22.6 Å². The van der Waals surface area contributed by atoms with Gasteiger partial charge >= 0.3 is 6.03 Å². The van der Waals surface area contributed by atoms with E-state index in [1.165, 1.54) is 13.2 Å². The van der Waals surface area contributed by atoms with Crippen LogP contribution in [0, 0.1) is 10.5 Å². The van der Waals surface area contributed by atoms with Gasteiger partial charge < -0.3 is 20.1 Å². The Morgan fingerprint density at radius 3 is 2.63 bits per heavy atom. The van der Waals surface area contributed by atoms with Crippen LogP contribution in [-0.4, -0.2) is 43.5 Å². The molecule has 2 aromatic carbocycles. The average Bonchev–Trinajstić information content (AvgIpc) is 2.94. The first-order chi connectivity index (χ1) is 14.3. The molecule has 9 heteroatoms. The second-order valence-electron chi connectivity index (χ2n) is 6.54. The maximum atomic E-state index is 12.7. The number of hydrogen-bond acceptors (Lipinski definition) is 5. The molecule has 0 bridgehead atoms. The van der Waals surface area contributed by atoms with Crippen molar-refractivity contribution >= 4 is 52.2 Å². The number of carbonyl (C=O) groups excluding carboxylic acids is 3. The zero-order valence-electron chi connectivity index (χ0n) is 16.6. The van der Waals surface area contributed by atoms with E-state index in [0.717, 1.165) is 14.0 Å². The second-order valence-corrected chi connectivity index (χ2v) is 7.70. The molecule has 0 radical (unpaired) electrons. The molecule has 0 saturated carbocycles. The minimum absolute atomic E-state index is 0.0753. The summed E-state index contributed by atoms with van der Waals surface area (Å²) in [6.45, 7) is 1.51. The summed E-state index contributed by atoms with van der Waals surface area (Å²) in [5.41, 5.74) is 2.30. The van der Waals surface area contributed by atoms with E-state index in [-0.39, 0.29) is 12.2 Å². The highest BCUT2D eigenvalue weighted by molar-refractivity contribution is 14.1. The Hall–Kier alpha value is -3.08. The normalized spacial score (nSPS) is 14.7. The van der Waals surface area contributed by atoms with Crippen molar-refractivity contribution in [3.63, 3.8) is 0 Å². The Balaban J connectivity index is 1.76. The third-order valence-corrected chi connectivity index (χ3v) is 5.13. The molecule has 4 amide bonds. The maximum Gasteiger partial charge on any atom is 0.329 e. The maximum absolute atomic E-state index is 12.7. The Morgan fingerprint density at radius 1 is 1.20 bits per heavy atom. The van der Waals surface area contributed by atoms with E-state index in [9.17, 15) is 14.4 Å². The molecule has 8 nitrogen and oxygen atoms in total. The molecule has 0 atom stereocenters. The van der Waals surface area contributed by atoms with Gasteiger partial charge in [-0.1, -0.05) is 12.1 Å². The van der Waals surface area contributed by atoms with E-state index in [4.69, 9.17) is 9.47 Å². The van der Waals surface area contributed by atoms with Crippen molar-refractivity contribution in [1.82, 2.24) is 10.2 Å². The lowest BCUT2D eigenvalue weighted by Crippen LogP contribution is -2.38. The third-order valence-electron chi connectivity index (χ3n) is 4.33. The van der Waals surface area contributed by atoms with E-state index >= 15 is 0 Å². The number of aryl methyl sites for hydroxylation is 1. The number of benzene rings is 2. The predicted octanol–water partition coefficient (Wildman–Crippen LogP) is 3.15. The lowest BCUT2D eigenvalue weighted by Gasteiger charge is -2.12. The molecule has 1 heterocycles. The number of rotatable bonds is 6. The van der Waals surface area contributed by atoms with Gasteiger partial charge in [0.15, 0.2) is 11.5 Å². The number of methoxy groups -OCH3 is 2. The summed E-state index contributed by atoms with van der Waals surface area (Å²) >= 11 is 2.09. The molecular formula is C21H20IN3O5. The molecule has 2 N–H and O–H groups in total. The fourth-order valence-corrected chi connectivity index (χ4v) is 3.82. The van der Waals surface area contributed by atoms with Crippen LogP contribution in [-0.2, 0) is 9.59 Å². The standard InChI is InChI=1S/C21H20IN3O5/c1-12-5-4-6-14(7-12)23-18(26)11-25-20(27)16(24-21(25)28)9-13-8-15(22)19(30-3)17(10-13)29-2/h4-10H,11H2,1-3H3,(H,23,26)(H,24,28)/b16-9+. The number of halogens is 1. The molecule has 0 aromatic heterocycles. The van der Waals surface area contributed by atoms with E-state index in [2.05, 4.69) is 33.2 Å². The van der Waals surface area contributed by atoms with Crippen LogP contribution < -0.4 is 20.1 Å². The number of ether oxygens (including phenoxy) is 2. The minimum atomic E-state index is -0.652. The van der Waals surface area contributed by atoms with E-state index in [1.54, 1.807) is 31.4 Å². The largest absolute Gasteiger partial charge is 0.493 e. The summed E-state index contributed by atoms with van der Waals surface area (Å²) in [5.74, 6) is 0.0362. The topological polar surface area (TPSA) is 97.0 Å². The molecule has 2 aromatic rings. The quantitative estimate of drug-likeness (QED) is 0.346. The number of imide groups is 1. The van der Waals surface area contributed by atoms with Crippen molar-refractivity contribution in [2.45, 2.75) is 6.92 Å². The Labute approximate surface area is 187 Å². The number of hydrogen-bond donors (Lipinski definition) is 2. The van der Waals surface area contributed by atoms with Crippen LogP contribution in [0.15, 0.2) is 42.1 Å². The average molecular weight is 521 g/mol. The number of nitrogens with zero attached hydrogens (tertiary/aromatic N) is 1. The number of urea groups is 1. The molecule has 1 saturated heterocycles. The van der Waals surface area contributed by atoms with Gasteiger partial charge in [-0.25, -0.2) is 9.69 Å². The molecular weight excluding hydrogens is 501 g/mol. The molecule has 30 heavy (non-hydrogen) atoms. The van der Waals surface area contributed by atoms with Crippen LogP contribution in [0.3, 0.4) is 0 Å². The molecule has 0 aliphatic carbocycles. The number of carbonyl (C=O) groups is 3. The molecule has 156 valence electrons. The van der Waals surface area contributed by atoms with Crippen LogP contribution in [0.2, 0.25) is 0 Å². The number of nitrogens with one attached hydrogen (secondary N) is 2. The zero-order chi connectivity index (χ0) is 21.8. The van der Waals surface area contributed by atoms with Crippen LogP contribution in [0.5, 0.6) is 11.5 Å². The fraction of sp³-hybridized carbons (Fsp3) is 0.190. The van der Waals surface area contributed by atoms with Crippen molar-refractivity contribution in [2.24, 2.45) is 0 Å². The summed E-state index contributed by atoms with van der Waals surface area (Å²) in [6.07, 6.45) is 1.53. The molecule has 1 fully saturated rings. The molecule has 1 aliphatic heterocycles. The smallest absolute Gasteiger partial charge is 0.329 e. The monoisotopic (exact) mass is 521 g/mol. The van der Waals surface area contributed by atoms with Crippen LogP contribution in [0.4, 0.5) is 10.5 Å². The van der Waals surface area contributed by atoms with Crippen molar-refractivity contribution in [3.8, 4) is 11.5 Å². The van der Waals surface area contributed by atoms with Gasteiger partial charge in [0.1, 0.15) is 12.2 Å². The molecule has 3 rings (SSSR count). The lowest BCUT2D eigenvalue weighted by atomic mass is 10.1. The van der Waals surface area contributed by atoms with Gasteiger partial charge in [0, 0.05) is 5.69 Å². The van der Waals surface area contributed by atoms with E-state index in [1.807, 2.05) is 19.1 Å². The van der Waals surface area contributed by atoms with Gasteiger partial charge in [-0.05, 0) is 71.0 Å². The van der Waals surface area contributed by atoms with Crippen LogP contribution in [0.1, 0.15) is 11.1 Å². The van der Waals surface area contributed by atoms with E-state index in [0.29, 0.717) is 22.7 Å². The van der Waals surface area contributed by atoms with Gasteiger partial charge in [0.05, 0.1) is 17.8 Å². The summed E-state index contributed by atoms with van der Waals surface area (Å²) in [7, 11) is 3.06. The van der Waals surface area contributed by atoms with Crippen molar-refractivity contribution < 1.29 is 23.9 Å². The minimum Gasteiger partial charge on any atom is -0.493 e. The van der Waals surface area contributed by atoms with Gasteiger partial charge in [-0.15, -0.1) is 0 Å². The first-order valence-corrected chi connectivity index (χ1v) is 10.0. The summed E-state index contributed by atoms with van der Waals surface area (Å²) in [6, 6.07) is 10.1. The number of amides is 4. The Bertz CT molecular complexity index is 1050. The third kappa shape index (κ3) is 4.73. The predicted molar refractivity (Wildman–Crippen MR) is 120 cm³/mol. The molecule has 0 unspecified atom stereocenters. The van der Waals surface area contributed by atoms with Gasteiger partial charge in [0.25, 0.3) is 5.91 Å². The lowest BCUT2D eigenvalue weighted by molar-refractivity contribution is -0.127. The first-order valence-electron chi connectivity index (χ1n) is 8.95. The van der Waals surface area contributed by atoms with Crippen molar-refractivity contribution in [3.05, 3.63) is 56.8 Å². The first kappa shape index (κ1) is 21.6. The number of anilines is 1. The zero-order valence-corrected chi connectivity index (χ0v) is 18.8. The SMILES string of the molecule is COc1cc(/C=C2/NC(=O)N(CC(=O)Nc3cccc(C)c3)C2=O)cc(I)c1OC. The van der Waals surface area contributed by atoms with Gasteiger partial charge in [-0.3, -0.25) is 9.59 Å². The highest BCUT2D eigenvalue weighted by atomic mass is 127. The molecule has 1 aliphatic rings. The molecule has 0 spiro atoms. The summed E-state index contributed by atoms with van der Waals surface area (Å²) in [4.78, 5) is 38.1. The summed E-state index contributed by atoms with van der Waals surface area (Å²) in [5, 5.41) is 5.20. The fourth-order valence-electron chi connectivity index (χ4n) is 2.97. The Kier molecular flexibility index (Phi) is 6.60. The van der Waals surface area contributed by atoms with E-state index < -0.39 is 17.8 Å².